The first-order valence-corrected chi connectivity index (χ1v) is 4.55. The van der Waals surface area contributed by atoms with Gasteiger partial charge in [0.1, 0.15) is 5.82 Å². The zero-order chi connectivity index (χ0) is 12.2. The molecule has 0 radical (unpaired) electrons. The monoisotopic (exact) mass is 237 g/mol. The van der Waals surface area contributed by atoms with Gasteiger partial charge in [-0.2, -0.15) is 18.7 Å². The lowest BCUT2D eigenvalue weighted by Gasteiger charge is -2.09. The van der Waals surface area contributed by atoms with Gasteiger partial charge >= 0.3 is 6.18 Å². The first-order chi connectivity index (χ1) is 7.38. The van der Waals surface area contributed by atoms with Crippen LogP contribution in [-0.4, -0.2) is 12.8 Å². The molecule has 0 unspecified atom stereocenters. The second-order valence-corrected chi connectivity index (χ2v) is 3.32. The molecule has 16 heavy (non-hydrogen) atoms. The van der Waals surface area contributed by atoms with Gasteiger partial charge in [0.25, 0.3) is 0 Å². The van der Waals surface area contributed by atoms with E-state index < -0.39 is 18.6 Å². The van der Waals surface area contributed by atoms with Gasteiger partial charge in [-0.3, -0.25) is 4.84 Å². The van der Waals surface area contributed by atoms with E-state index in [2.05, 4.69) is 10.3 Å². The summed E-state index contributed by atoms with van der Waals surface area (Å²) < 4.78 is 48.2. The van der Waals surface area contributed by atoms with Crippen LogP contribution in [0.4, 0.5) is 17.6 Å². The molecule has 1 rings (SSSR count). The summed E-state index contributed by atoms with van der Waals surface area (Å²) in [6.07, 6.45) is -4.39. The number of hydroxylamine groups is 1. The highest BCUT2D eigenvalue weighted by Crippen LogP contribution is 2.14. The fourth-order valence-corrected chi connectivity index (χ4v) is 1.10. The number of rotatable bonds is 4. The van der Waals surface area contributed by atoms with E-state index in [0.717, 1.165) is 5.56 Å². The molecular formula is C10H11F4NO. The van der Waals surface area contributed by atoms with Gasteiger partial charge in [-0.1, -0.05) is 17.7 Å². The smallest absolute Gasteiger partial charge is 0.292 e. The molecule has 0 saturated carbocycles. The fraction of sp³-hybridized carbons (Fsp3) is 0.400. The van der Waals surface area contributed by atoms with E-state index in [-0.39, 0.29) is 12.1 Å². The summed E-state index contributed by atoms with van der Waals surface area (Å²) in [7, 11) is 0. The van der Waals surface area contributed by atoms with Crippen LogP contribution in [0.2, 0.25) is 0 Å². The second kappa shape index (κ2) is 5.27. The maximum atomic E-state index is 13.1. The summed E-state index contributed by atoms with van der Waals surface area (Å²) in [6.45, 7) is 0.254. The Morgan fingerprint density at radius 1 is 1.31 bits per heavy atom. The molecule has 1 aromatic carbocycles. The maximum Gasteiger partial charge on any atom is 0.413 e. The summed E-state index contributed by atoms with van der Waals surface area (Å²) >= 11 is 0. The molecule has 1 N–H and O–H groups in total. The third kappa shape index (κ3) is 4.59. The van der Waals surface area contributed by atoms with Gasteiger partial charge in [-0.05, 0) is 13.0 Å². The molecule has 0 heterocycles. The van der Waals surface area contributed by atoms with Gasteiger partial charge in [0.2, 0.25) is 0 Å². The van der Waals surface area contributed by atoms with Gasteiger partial charge in [0.05, 0.1) is 0 Å². The van der Waals surface area contributed by atoms with Crippen LogP contribution in [0.15, 0.2) is 18.2 Å². The lowest BCUT2D eigenvalue weighted by atomic mass is 10.1. The Balaban J connectivity index is 2.40. The van der Waals surface area contributed by atoms with Crippen molar-refractivity contribution in [2.45, 2.75) is 19.6 Å². The van der Waals surface area contributed by atoms with Crippen LogP contribution in [-0.2, 0) is 11.4 Å². The largest absolute Gasteiger partial charge is 0.413 e. The molecular weight excluding hydrogens is 226 g/mol. The molecule has 0 aliphatic rings. The minimum absolute atomic E-state index is 0.108. The number of alkyl halides is 3. The number of benzene rings is 1. The van der Waals surface area contributed by atoms with Gasteiger partial charge in [0.15, 0.2) is 6.61 Å². The fourth-order valence-electron chi connectivity index (χ4n) is 1.10. The zero-order valence-electron chi connectivity index (χ0n) is 8.57. The summed E-state index contributed by atoms with van der Waals surface area (Å²) in [6, 6.07) is 4.38. The SMILES string of the molecule is Cc1ccc(F)c(CNOCC(F)(F)F)c1. The summed E-state index contributed by atoms with van der Waals surface area (Å²) in [4.78, 5) is 4.16. The highest BCUT2D eigenvalue weighted by molar-refractivity contribution is 5.23. The molecule has 0 aliphatic carbocycles. The van der Waals surface area contributed by atoms with Crippen molar-refractivity contribution >= 4 is 0 Å². The molecule has 0 atom stereocenters. The van der Waals surface area contributed by atoms with Crippen LogP contribution >= 0.6 is 0 Å². The Morgan fingerprint density at radius 2 is 2.00 bits per heavy atom. The maximum absolute atomic E-state index is 13.1. The molecule has 0 fully saturated rings. The second-order valence-electron chi connectivity index (χ2n) is 3.32. The third-order valence-electron chi connectivity index (χ3n) is 1.80. The number of halogens is 4. The van der Waals surface area contributed by atoms with Crippen LogP contribution in [0.5, 0.6) is 0 Å². The van der Waals surface area contributed by atoms with Gasteiger partial charge in [-0.25, -0.2) is 4.39 Å². The quantitative estimate of drug-likeness (QED) is 0.494. The van der Waals surface area contributed by atoms with Crippen molar-refractivity contribution < 1.29 is 22.4 Å². The van der Waals surface area contributed by atoms with Crippen molar-refractivity contribution in [3.8, 4) is 0 Å². The van der Waals surface area contributed by atoms with E-state index in [1.807, 2.05) is 0 Å². The average Bonchev–Trinajstić information content (AvgIpc) is 2.16. The Labute approximate surface area is 90.2 Å². The predicted octanol–water partition coefficient (Wildman–Crippen LogP) is 2.72. The highest BCUT2D eigenvalue weighted by atomic mass is 19.4. The standard InChI is InChI=1S/C10H11F4NO/c1-7-2-3-9(11)8(4-7)5-15-16-6-10(12,13)14/h2-4,15H,5-6H2,1H3. The summed E-state index contributed by atoms with van der Waals surface area (Å²) in [5.41, 5.74) is 3.16. The average molecular weight is 237 g/mol. The first kappa shape index (κ1) is 12.9. The van der Waals surface area contributed by atoms with Crippen LogP contribution in [0.1, 0.15) is 11.1 Å². The van der Waals surface area contributed by atoms with Crippen LogP contribution in [0, 0.1) is 12.7 Å². The van der Waals surface area contributed by atoms with Crippen LogP contribution < -0.4 is 5.48 Å². The van der Waals surface area contributed by atoms with Gasteiger partial charge in [0, 0.05) is 12.1 Å². The third-order valence-corrected chi connectivity index (χ3v) is 1.80. The lowest BCUT2D eigenvalue weighted by Crippen LogP contribution is -2.24. The van der Waals surface area contributed by atoms with Gasteiger partial charge < -0.3 is 0 Å². The van der Waals surface area contributed by atoms with Crippen molar-refractivity contribution in [1.29, 1.82) is 0 Å². The summed E-state index contributed by atoms with van der Waals surface area (Å²) in [5, 5.41) is 0. The molecule has 0 amide bonds. The van der Waals surface area contributed by atoms with Crippen molar-refractivity contribution in [3.05, 3.63) is 35.1 Å². The Hall–Kier alpha value is -1.14. The van der Waals surface area contributed by atoms with Crippen molar-refractivity contribution in [2.24, 2.45) is 0 Å². The van der Waals surface area contributed by atoms with Crippen molar-refractivity contribution in [2.75, 3.05) is 6.61 Å². The van der Waals surface area contributed by atoms with Crippen molar-refractivity contribution in [1.82, 2.24) is 5.48 Å². The topological polar surface area (TPSA) is 21.3 Å². The predicted molar refractivity (Wildman–Crippen MR) is 50.0 cm³/mol. The van der Waals surface area contributed by atoms with Crippen LogP contribution in [0.25, 0.3) is 0 Å². The number of hydrogen-bond acceptors (Lipinski definition) is 2. The zero-order valence-corrected chi connectivity index (χ0v) is 8.57. The van der Waals surface area contributed by atoms with E-state index in [9.17, 15) is 17.6 Å². The molecule has 0 saturated heterocycles. The molecule has 0 aliphatic heterocycles. The molecule has 0 bridgehead atoms. The van der Waals surface area contributed by atoms with E-state index in [0.29, 0.717) is 0 Å². The Morgan fingerprint density at radius 3 is 2.62 bits per heavy atom. The van der Waals surface area contributed by atoms with Gasteiger partial charge in [-0.15, -0.1) is 0 Å². The van der Waals surface area contributed by atoms with E-state index in [1.165, 1.54) is 6.07 Å². The minimum Gasteiger partial charge on any atom is -0.292 e. The molecule has 0 spiro atoms. The van der Waals surface area contributed by atoms with Crippen LogP contribution in [0.3, 0.4) is 0 Å². The molecule has 0 aromatic heterocycles. The first-order valence-electron chi connectivity index (χ1n) is 4.55. The number of aryl methyl sites for hydroxylation is 1. The summed E-state index contributed by atoms with van der Waals surface area (Å²) in [5.74, 6) is -0.478. The molecule has 6 heteroatoms. The van der Waals surface area contributed by atoms with E-state index >= 15 is 0 Å². The molecule has 90 valence electrons. The normalized spacial score (nSPS) is 11.8. The number of nitrogens with one attached hydrogen (secondary N) is 1. The Bertz CT molecular complexity index is 351. The van der Waals surface area contributed by atoms with E-state index in [1.54, 1.807) is 19.1 Å². The molecule has 2 nitrogen and oxygen atoms in total. The minimum atomic E-state index is -4.39. The molecule has 1 aromatic rings. The lowest BCUT2D eigenvalue weighted by molar-refractivity contribution is -0.190. The highest BCUT2D eigenvalue weighted by Gasteiger charge is 2.27. The van der Waals surface area contributed by atoms with Crippen molar-refractivity contribution in [3.63, 3.8) is 0 Å². The number of hydrogen-bond donors (Lipinski definition) is 1. The Kier molecular flexibility index (Phi) is 4.26. The van der Waals surface area contributed by atoms with E-state index in [4.69, 9.17) is 0 Å².